The van der Waals surface area contributed by atoms with Gasteiger partial charge in [0.15, 0.2) is 11.6 Å². The summed E-state index contributed by atoms with van der Waals surface area (Å²) in [5.74, 6) is -27.7. The lowest BCUT2D eigenvalue weighted by Crippen LogP contribution is -2.34. The first-order chi connectivity index (χ1) is 66.6. The number of hydrogen-bond donors (Lipinski definition) is 0. The van der Waals surface area contributed by atoms with Crippen LogP contribution < -0.4 is 36.0 Å². The molecule has 0 saturated heterocycles. The van der Waals surface area contributed by atoms with Crippen molar-refractivity contribution in [2.45, 2.75) is 87.8 Å². The maximum absolute atomic E-state index is 16.6. The quantitative estimate of drug-likeness (QED) is 0.0784. The number of allylic oxidation sites excluding steroid dienone is 9. The molecule has 0 atom stereocenters. The van der Waals surface area contributed by atoms with Crippen LogP contribution in [0.4, 0.5) is 140 Å². The van der Waals surface area contributed by atoms with Gasteiger partial charge in [0.25, 0.3) is 0 Å². The highest BCUT2D eigenvalue weighted by molar-refractivity contribution is 8.46. The molecule has 0 N–H and O–H groups in total. The molecule has 9 aromatic rings. The number of alkyl halides is 9. The molecule has 0 amide bonds. The second-order valence-electron chi connectivity index (χ2n) is 31.6. The zero-order valence-corrected chi connectivity index (χ0v) is 72.5. The molecular formula is C96H35F33N12OS2. The molecule has 9 aromatic carbocycles. The van der Waals surface area contributed by atoms with E-state index < -0.39 is 318 Å². The van der Waals surface area contributed by atoms with Gasteiger partial charge in [-0.2, -0.15) is 87.0 Å². The van der Waals surface area contributed by atoms with Crippen LogP contribution >= 0.6 is 20.4 Å². The third-order valence-corrected chi connectivity index (χ3v) is 25.7. The van der Waals surface area contributed by atoms with Gasteiger partial charge < -0.3 is 4.74 Å². The predicted octanol–water partition coefficient (Wildman–Crippen LogP) is 24.9. The molecule has 0 fully saturated rings. The van der Waals surface area contributed by atoms with Gasteiger partial charge in [0, 0.05) is 74.4 Å². The number of hydrogen-bond acceptors (Lipinski definition) is 7. The highest BCUT2D eigenvalue weighted by Crippen LogP contribution is 3.04. The summed E-state index contributed by atoms with van der Waals surface area (Å²) in [6.07, 6.45) is -22.5. The van der Waals surface area contributed by atoms with E-state index >= 15 is 56.4 Å². The summed E-state index contributed by atoms with van der Waals surface area (Å²) in [5.41, 5.74) is -26.5. The lowest BCUT2D eigenvalue weighted by molar-refractivity contribution is -0.276. The molecule has 0 bridgehead atoms. The van der Waals surface area contributed by atoms with E-state index in [1.54, 1.807) is 18.2 Å². The van der Waals surface area contributed by atoms with Gasteiger partial charge in [-0.1, -0.05) is 38.9 Å². The number of fused-ring (bicyclic) bond motifs is 6. The van der Waals surface area contributed by atoms with E-state index in [0.29, 0.717) is 28.5 Å². The van der Waals surface area contributed by atoms with Crippen molar-refractivity contribution < 1.29 is 145 Å². The average molecular weight is 2060 g/mol. The van der Waals surface area contributed by atoms with Crippen molar-refractivity contribution in [3.8, 4) is 42.2 Å². The molecule has 15 rings (SSSR count). The fourth-order valence-electron chi connectivity index (χ4n) is 17.5. The third-order valence-electron chi connectivity index (χ3n) is 23.2. The van der Waals surface area contributed by atoms with E-state index in [-0.39, 0.29) is 104 Å². The lowest BCUT2D eigenvalue weighted by Gasteiger charge is -2.45. The second-order valence-corrected chi connectivity index (χ2v) is 36.3. The zero-order chi connectivity index (χ0) is 107. The van der Waals surface area contributed by atoms with E-state index in [1.165, 1.54) is 25.1 Å². The Morgan fingerprint density at radius 1 is 0.292 bits per heavy atom. The van der Waals surface area contributed by atoms with Crippen LogP contribution in [-0.4, -0.2) is 6.36 Å². The Labute approximate surface area is 784 Å². The van der Waals surface area contributed by atoms with Crippen LogP contribution in [0, 0.1) is 210 Å². The number of rotatable bonds is 9. The molecular weight excluding hydrogens is 2030 g/mol. The number of halogens is 33. The minimum absolute atomic E-state index is 0.0231. The summed E-state index contributed by atoms with van der Waals surface area (Å²) in [6.45, 7) is 47.3. The minimum Gasteiger partial charge on any atom is -0.399 e. The molecule has 48 heteroatoms. The first-order valence-corrected chi connectivity index (χ1v) is 43.0. The molecule has 144 heavy (non-hydrogen) atoms. The number of ether oxygens (including phenoxy) is 1. The molecule has 0 spiro atoms. The van der Waals surface area contributed by atoms with Crippen molar-refractivity contribution in [3.63, 3.8) is 0 Å². The Hall–Kier alpha value is -17.3. The summed E-state index contributed by atoms with van der Waals surface area (Å²) >= 11 is 0. The molecule has 0 aliphatic heterocycles. The largest absolute Gasteiger partial charge is 0.573 e. The SMILES string of the molecule is [C-]#[N+]C([N+]#[C-])=C1Cc2c(F)c3c(c(F)c2=C1c1cc(F)c(C)c(F)c1)CC(=C(C#N)C#N)C=3c1cc(F)c(C(F)(F)F)c(F)c1.[C-]#[N+]C([N+]#[C-])=C1Cc2c(S(F)(F)(F)(F)F)c3c(c(S(F)(F)(F)(F)F)c2=C1c1cc(F)c(C)c(F)c1)CC(=C(C#N)C#N)C=3c1cc(F)c(OC(F)(F)F)c(F)c1.[C-]#[N+]C([N+]#[C-])=C1Cc2cc3c(cc2=C1c1cc(F)c(C)c(F)c1)CC(=C(C#N)C#N)C=3c1cc(F)c(C(F)(F)F)c(F)c1. The van der Waals surface area contributed by atoms with Gasteiger partial charge in [0.2, 0.25) is 5.75 Å². The Kier molecular flexibility index (Phi) is 25.0. The van der Waals surface area contributed by atoms with Crippen LogP contribution in [0.25, 0.3) is 62.5 Å². The van der Waals surface area contributed by atoms with Gasteiger partial charge in [0.05, 0.1) is 16.7 Å². The van der Waals surface area contributed by atoms with Crippen molar-refractivity contribution >= 4 is 53.9 Å². The number of nitriles is 6. The van der Waals surface area contributed by atoms with Crippen LogP contribution in [0.2, 0.25) is 0 Å². The third kappa shape index (κ3) is 18.2. The Morgan fingerprint density at radius 3 is 0.778 bits per heavy atom. The lowest BCUT2D eigenvalue weighted by atomic mass is 9.94. The highest BCUT2D eigenvalue weighted by Gasteiger charge is 2.73. The maximum Gasteiger partial charge on any atom is 0.573 e. The molecule has 0 saturated carbocycles. The fraction of sp³-hybridized carbons (Fsp3) is 0.125. The van der Waals surface area contributed by atoms with Crippen molar-refractivity contribution in [2.75, 3.05) is 0 Å². The Bertz CT molecular complexity index is 8570. The first kappa shape index (κ1) is 104. The molecule has 6 aliphatic carbocycles. The van der Waals surface area contributed by atoms with E-state index in [9.17, 15) is 115 Å². The second kappa shape index (κ2) is 34.6. The fourth-order valence-corrected chi connectivity index (χ4v) is 20.0. The van der Waals surface area contributed by atoms with Gasteiger partial charge in [-0.25, -0.2) is 61.5 Å². The van der Waals surface area contributed by atoms with E-state index in [2.05, 4.69) is 33.8 Å². The van der Waals surface area contributed by atoms with Crippen LogP contribution in [0.3, 0.4) is 0 Å². The maximum atomic E-state index is 16.6. The van der Waals surface area contributed by atoms with Crippen LogP contribution in [0.1, 0.15) is 94.6 Å². The van der Waals surface area contributed by atoms with Crippen molar-refractivity contribution in [2.24, 2.45) is 0 Å². The normalized spacial score (nSPS) is 14.8. The monoisotopic (exact) mass is 2060 g/mol. The van der Waals surface area contributed by atoms with Crippen molar-refractivity contribution in [1.82, 2.24) is 0 Å². The van der Waals surface area contributed by atoms with Crippen LogP contribution in [-0.2, 0) is 50.9 Å². The summed E-state index contributed by atoms with van der Waals surface area (Å²) in [6, 6.07) is 15.9. The van der Waals surface area contributed by atoms with Crippen molar-refractivity contribution in [1.29, 1.82) is 31.6 Å². The summed E-state index contributed by atoms with van der Waals surface area (Å²) in [4.78, 5) is 10.8. The Balaban J connectivity index is 0.000000183. The van der Waals surface area contributed by atoms with E-state index in [0.717, 1.165) is 50.3 Å². The van der Waals surface area contributed by atoms with Crippen molar-refractivity contribution in [3.05, 3.63) is 428 Å². The van der Waals surface area contributed by atoms with Gasteiger partial charge in [-0.15, -0.1) is 13.2 Å². The molecule has 0 radical (unpaired) electrons. The number of benzene rings is 9. The molecule has 0 aromatic heterocycles. The molecule has 13 nitrogen and oxygen atoms in total. The molecule has 0 unspecified atom stereocenters. The van der Waals surface area contributed by atoms with Gasteiger partial charge in [-0.05, 0) is 235 Å². The van der Waals surface area contributed by atoms with E-state index in [1.807, 2.05) is 0 Å². The smallest absolute Gasteiger partial charge is 0.399 e. The van der Waals surface area contributed by atoms with Crippen LogP contribution in [0.15, 0.2) is 162 Å². The summed E-state index contributed by atoms with van der Waals surface area (Å²) < 4.78 is 486. The Morgan fingerprint density at radius 2 is 0.507 bits per heavy atom. The van der Waals surface area contributed by atoms with Crippen LogP contribution in [0.5, 0.6) is 5.75 Å². The van der Waals surface area contributed by atoms with Gasteiger partial charge in [-0.3, -0.25) is 0 Å². The first-order valence-electron chi connectivity index (χ1n) is 39.1. The summed E-state index contributed by atoms with van der Waals surface area (Å²) in [5, 5.41) is 51.5. The van der Waals surface area contributed by atoms with Gasteiger partial charge in [0.1, 0.15) is 183 Å². The van der Waals surface area contributed by atoms with Gasteiger partial charge >= 0.3 is 56.6 Å². The standard InChI is InChI=1S/C32H11F17N4OS2.C32H11F9N4.C32H13F7N4/c1-12-20(33)4-13(5-21(12)34)25-19(31(52-2)53-3)9-18-27(25)29(55(40,41,42,43)44)17-8-16(15(10-50)11-51)24(26(17)30(18)56(45,46,47,48)49)14-6-22(35)28(23(36)7-14)54-32(37,38)39;1-12-20(33)4-13(5-21(12)34)25-19(31(44-2)45-3)9-18-27(25)29(37)17-8-16(15(10-42)11-43)24(26(17)30(18)38)14-6-22(35)28(23(36)7-14)32(39,40)41;1-14-24(33)8-17(9-25(14)34)29-21-4-15-6-22(19(12-40)13-41)28(18-10-26(35)30(27(36)11-18)32(37,38)39)20(15)5-16(21)7-23(29)31(42-2)43-3/h4-7H,8-9H2,1H3;4-7H,8-9H2,1H3;4-5,8-11H,6-7H2,1H3. The topological polar surface area (TPSA) is 178 Å². The minimum atomic E-state index is -11.8. The molecule has 728 valence electrons. The zero-order valence-electron chi connectivity index (χ0n) is 70.9. The number of nitrogens with zero attached hydrogens (tertiary/aromatic N) is 12. The summed E-state index contributed by atoms with van der Waals surface area (Å²) in [7, 11) is -23.6. The predicted molar refractivity (Wildman–Crippen MR) is 442 cm³/mol. The highest BCUT2D eigenvalue weighted by atomic mass is 32.5. The average Bonchev–Trinajstić information content (AvgIpc) is 1.45. The molecule has 6 aliphatic rings. The molecule has 0 heterocycles. The van der Waals surface area contributed by atoms with E-state index in [4.69, 9.17) is 39.4 Å².